The number of benzene rings is 2. The van der Waals surface area contributed by atoms with Crippen LogP contribution in [-0.2, 0) is 9.59 Å². The van der Waals surface area contributed by atoms with Crippen LogP contribution in [0.15, 0.2) is 30.3 Å². The van der Waals surface area contributed by atoms with Gasteiger partial charge in [0.25, 0.3) is 0 Å². The average molecular weight is 372 g/mol. The Morgan fingerprint density at radius 1 is 1.15 bits per heavy atom. The van der Waals surface area contributed by atoms with Gasteiger partial charge in [0.15, 0.2) is 5.78 Å². The Morgan fingerprint density at radius 3 is 2.52 bits per heavy atom. The van der Waals surface area contributed by atoms with Crippen LogP contribution < -0.4 is 4.74 Å². The zero-order chi connectivity index (χ0) is 19.7. The molecule has 2 aromatic carbocycles. The van der Waals surface area contributed by atoms with Crippen molar-refractivity contribution in [3.05, 3.63) is 53.3 Å². The maximum atomic E-state index is 14.9. The zero-order valence-corrected chi connectivity index (χ0v) is 14.4. The van der Waals surface area contributed by atoms with Crippen LogP contribution in [0.2, 0.25) is 0 Å². The second-order valence-electron chi connectivity index (χ2n) is 6.31. The number of Topliss-reactive ketones (excluding diaryl/α,β-unsaturated/α-hetero) is 2. The predicted octanol–water partition coefficient (Wildman–Crippen LogP) is 4.04. The molecule has 0 aromatic heterocycles. The van der Waals surface area contributed by atoms with E-state index in [4.69, 9.17) is 11.2 Å². The molecule has 2 atom stereocenters. The molecule has 1 saturated carbocycles. The largest absolute Gasteiger partial charge is 0.496 e. The Balaban J connectivity index is 2.10. The molecular formula is C21H15F3O3. The van der Waals surface area contributed by atoms with Gasteiger partial charge in [0.05, 0.1) is 7.11 Å². The summed E-state index contributed by atoms with van der Waals surface area (Å²) in [6, 6.07) is 5.23. The Labute approximate surface area is 154 Å². The number of carbonyl (C=O) groups excluding carboxylic acids is 2. The van der Waals surface area contributed by atoms with Gasteiger partial charge in [-0.3, -0.25) is 9.59 Å². The molecule has 27 heavy (non-hydrogen) atoms. The van der Waals surface area contributed by atoms with E-state index in [9.17, 15) is 22.8 Å². The number of ketones is 2. The predicted molar refractivity (Wildman–Crippen MR) is 92.6 cm³/mol. The molecule has 3 rings (SSSR count). The number of methoxy groups -OCH3 is 1. The van der Waals surface area contributed by atoms with Crippen molar-refractivity contribution in [3.63, 3.8) is 0 Å². The molecule has 0 saturated heterocycles. The minimum Gasteiger partial charge on any atom is -0.496 e. The lowest BCUT2D eigenvalue weighted by atomic mass is 9.90. The summed E-state index contributed by atoms with van der Waals surface area (Å²) in [5.74, 6) is -3.04. The molecule has 0 amide bonds. The first-order chi connectivity index (χ1) is 12.9. The molecule has 0 radical (unpaired) electrons. The number of hydrogen-bond donors (Lipinski definition) is 0. The van der Waals surface area contributed by atoms with Gasteiger partial charge in [-0.1, -0.05) is 0 Å². The van der Waals surface area contributed by atoms with E-state index >= 15 is 0 Å². The third-order valence-electron chi connectivity index (χ3n) is 4.66. The van der Waals surface area contributed by atoms with E-state index in [0.29, 0.717) is 6.07 Å². The van der Waals surface area contributed by atoms with Gasteiger partial charge in [0, 0.05) is 36.0 Å². The van der Waals surface area contributed by atoms with Crippen LogP contribution in [0.1, 0.15) is 24.3 Å². The lowest BCUT2D eigenvalue weighted by Crippen LogP contribution is -2.17. The third-order valence-corrected chi connectivity index (χ3v) is 4.66. The highest BCUT2D eigenvalue weighted by atomic mass is 19.1. The van der Waals surface area contributed by atoms with Crippen molar-refractivity contribution in [1.29, 1.82) is 0 Å². The Morgan fingerprint density at radius 2 is 1.89 bits per heavy atom. The number of rotatable bonds is 4. The van der Waals surface area contributed by atoms with Gasteiger partial charge in [-0.05, 0) is 29.8 Å². The van der Waals surface area contributed by atoms with Gasteiger partial charge in [0.2, 0.25) is 0 Å². The maximum absolute atomic E-state index is 14.9. The first-order valence-corrected chi connectivity index (χ1v) is 8.20. The zero-order valence-electron chi connectivity index (χ0n) is 14.4. The van der Waals surface area contributed by atoms with Gasteiger partial charge < -0.3 is 4.74 Å². The number of terminal acetylenes is 1. The van der Waals surface area contributed by atoms with Gasteiger partial charge in [0.1, 0.15) is 34.9 Å². The van der Waals surface area contributed by atoms with Gasteiger partial charge >= 0.3 is 0 Å². The van der Waals surface area contributed by atoms with Crippen molar-refractivity contribution >= 4 is 11.6 Å². The van der Waals surface area contributed by atoms with Crippen molar-refractivity contribution < 1.29 is 27.5 Å². The van der Waals surface area contributed by atoms with Gasteiger partial charge in [-0.2, -0.15) is 0 Å². The maximum Gasteiger partial charge on any atom is 0.152 e. The molecule has 0 heterocycles. The molecule has 2 aromatic rings. The first kappa shape index (κ1) is 18.7. The van der Waals surface area contributed by atoms with E-state index in [0.717, 1.165) is 12.1 Å². The molecule has 3 nitrogen and oxygen atoms in total. The summed E-state index contributed by atoms with van der Waals surface area (Å²) < 4.78 is 47.2. The van der Waals surface area contributed by atoms with Crippen molar-refractivity contribution in [3.8, 4) is 29.2 Å². The molecule has 0 aliphatic heterocycles. The fourth-order valence-electron chi connectivity index (χ4n) is 3.39. The molecule has 1 fully saturated rings. The highest BCUT2D eigenvalue weighted by molar-refractivity contribution is 6.15. The smallest absolute Gasteiger partial charge is 0.152 e. The Hall–Kier alpha value is -3.07. The summed E-state index contributed by atoms with van der Waals surface area (Å²) in [5.41, 5.74) is -0.114. The van der Waals surface area contributed by atoms with Crippen LogP contribution >= 0.6 is 0 Å². The molecule has 0 bridgehead atoms. The van der Waals surface area contributed by atoms with Crippen molar-refractivity contribution in [1.82, 2.24) is 0 Å². The van der Waals surface area contributed by atoms with Gasteiger partial charge in [-0.25, -0.2) is 13.2 Å². The van der Waals surface area contributed by atoms with E-state index < -0.39 is 40.9 Å². The monoisotopic (exact) mass is 372 g/mol. The van der Waals surface area contributed by atoms with E-state index in [1.807, 2.05) is 0 Å². The quantitative estimate of drug-likeness (QED) is 0.601. The SMILES string of the molecule is C#CC[C@@H]1CC(=O)C(c2c(F)cc(-c3ccc(F)cc3F)cc2OC)C1=O. The summed E-state index contributed by atoms with van der Waals surface area (Å²) in [6.45, 7) is 0. The van der Waals surface area contributed by atoms with Gasteiger partial charge in [-0.15, -0.1) is 12.3 Å². The highest BCUT2D eigenvalue weighted by Gasteiger charge is 2.44. The average Bonchev–Trinajstić information content (AvgIpc) is 2.88. The van der Waals surface area contributed by atoms with Crippen LogP contribution in [0.3, 0.4) is 0 Å². The summed E-state index contributed by atoms with van der Waals surface area (Å²) in [5, 5.41) is 0. The van der Waals surface area contributed by atoms with E-state index in [-0.39, 0.29) is 35.3 Å². The molecule has 138 valence electrons. The summed E-state index contributed by atoms with van der Waals surface area (Å²) in [7, 11) is 1.26. The minimum atomic E-state index is -1.30. The summed E-state index contributed by atoms with van der Waals surface area (Å²) in [6.07, 6.45) is 5.27. The third kappa shape index (κ3) is 3.33. The van der Waals surface area contributed by atoms with Crippen LogP contribution in [0, 0.1) is 35.7 Å². The Kier molecular flexibility index (Phi) is 5.04. The molecule has 0 spiro atoms. The second-order valence-corrected chi connectivity index (χ2v) is 6.31. The Bertz CT molecular complexity index is 975. The van der Waals surface area contributed by atoms with E-state index in [2.05, 4.69) is 5.92 Å². The van der Waals surface area contributed by atoms with Crippen molar-refractivity contribution in [2.75, 3.05) is 7.11 Å². The van der Waals surface area contributed by atoms with Crippen LogP contribution in [0.25, 0.3) is 11.1 Å². The molecular weight excluding hydrogens is 357 g/mol. The number of ether oxygens (including phenoxy) is 1. The summed E-state index contributed by atoms with van der Waals surface area (Å²) in [4.78, 5) is 24.9. The second kappa shape index (κ2) is 7.28. The summed E-state index contributed by atoms with van der Waals surface area (Å²) >= 11 is 0. The van der Waals surface area contributed by atoms with Crippen LogP contribution in [0.5, 0.6) is 5.75 Å². The van der Waals surface area contributed by atoms with Crippen LogP contribution in [0.4, 0.5) is 13.2 Å². The standard InChI is InChI=1S/C21H15F3O3/c1-3-4-11-8-17(25)20(21(11)26)19-16(24)7-12(9-18(19)27-2)14-6-5-13(22)10-15(14)23/h1,5-7,9-11,20H,4,8H2,2H3/t11-,20?/m1/s1. The fraction of sp³-hybridized carbons (Fsp3) is 0.238. The number of carbonyl (C=O) groups is 2. The number of halogens is 3. The molecule has 1 aliphatic carbocycles. The fourth-order valence-corrected chi connectivity index (χ4v) is 3.39. The topological polar surface area (TPSA) is 43.4 Å². The number of hydrogen-bond acceptors (Lipinski definition) is 3. The van der Waals surface area contributed by atoms with E-state index in [1.165, 1.54) is 19.2 Å². The first-order valence-electron chi connectivity index (χ1n) is 8.20. The lowest BCUT2D eigenvalue weighted by molar-refractivity contribution is -0.124. The lowest BCUT2D eigenvalue weighted by Gasteiger charge is -2.16. The van der Waals surface area contributed by atoms with Crippen LogP contribution in [-0.4, -0.2) is 18.7 Å². The van der Waals surface area contributed by atoms with Crippen molar-refractivity contribution in [2.24, 2.45) is 5.92 Å². The molecule has 1 aliphatic rings. The highest BCUT2D eigenvalue weighted by Crippen LogP contribution is 2.41. The molecule has 0 N–H and O–H groups in total. The minimum absolute atomic E-state index is 0.0329. The van der Waals surface area contributed by atoms with E-state index in [1.54, 1.807) is 0 Å². The molecule has 6 heteroatoms. The van der Waals surface area contributed by atoms with Crippen molar-refractivity contribution in [2.45, 2.75) is 18.8 Å². The normalized spacial score (nSPS) is 19.2. The molecule has 1 unspecified atom stereocenters.